The SMILES string of the molecule is CCC/C=C\C(CC)N=CC(=C(C)C)c1cc(C)c(C(=N)CC#N)cn1. The number of aliphatic imine (C=N–C) groups is 1. The van der Waals surface area contributed by atoms with Crippen molar-refractivity contribution in [3.63, 3.8) is 0 Å². The van der Waals surface area contributed by atoms with E-state index in [1.54, 1.807) is 6.20 Å². The zero-order chi connectivity index (χ0) is 19.5. The second-order valence-corrected chi connectivity index (χ2v) is 6.58. The molecule has 1 rings (SSSR count). The highest BCUT2D eigenvalue weighted by molar-refractivity contribution is 6.10. The Labute approximate surface area is 157 Å². The number of unbranched alkanes of at least 4 members (excludes halogenated alkanes) is 1. The Morgan fingerprint density at radius 3 is 2.65 bits per heavy atom. The van der Waals surface area contributed by atoms with Crippen LogP contribution in [0.25, 0.3) is 5.57 Å². The number of hydrogen-bond donors (Lipinski definition) is 1. The first-order valence-electron chi connectivity index (χ1n) is 9.23. The van der Waals surface area contributed by atoms with Crippen LogP contribution in [0.15, 0.2) is 35.0 Å². The molecule has 0 aliphatic carbocycles. The highest BCUT2D eigenvalue weighted by atomic mass is 14.8. The summed E-state index contributed by atoms with van der Waals surface area (Å²) >= 11 is 0. The molecule has 4 nitrogen and oxygen atoms in total. The van der Waals surface area contributed by atoms with E-state index in [9.17, 15) is 0 Å². The van der Waals surface area contributed by atoms with Gasteiger partial charge in [-0.1, -0.05) is 38.0 Å². The molecule has 1 atom stereocenters. The van der Waals surface area contributed by atoms with Gasteiger partial charge in [0.05, 0.1) is 29.9 Å². The van der Waals surface area contributed by atoms with Gasteiger partial charge < -0.3 is 5.41 Å². The first-order chi connectivity index (χ1) is 12.4. The first-order valence-corrected chi connectivity index (χ1v) is 9.23. The Balaban J connectivity index is 3.10. The molecule has 0 radical (unpaired) electrons. The average Bonchev–Trinajstić information content (AvgIpc) is 2.60. The lowest BCUT2D eigenvalue weighted by molar-refractivity contribution is 0.782. The Morgan fingerprint density at radius 2 is 2.12 bits per heavy atom. The number of nitriles is 1. The number of aryl methyl sites for hydroxylation is 1. The minimum absolute atomic E-state index is 0.0983. The number of hydrogen-bond acceptors (Lipinski definition) is 4. The monoisotopic (exact) mass is 350 g/mol. The van der Waals surface area contributed by atoms with Crippen molar-refractivity contribution in [1.82, 2.24) is 4.98 Å². The highest BCUT2D eigenvalue weighted by Gasteiger charge is 2.10. The van der Waals surface area contributed by atoms with Crippen molar-refractivity contribution in [2.75, 3.05) is 0 Å². The molecule has 1 unspecified atom stereocenters. The minimum Gasteiger partial charge on any atom is -0.304 e. The van der Waals surface area contributed by atoms with Crippen LogP contribution in [-0.2, 0) is 0 Å². The lowest BCUT2D eigenvalue weighted by atomic mass is 10.0. The van der Waals surface area contributed by atoms with E-state index in [4.69, 9.17) is 15.7 Å². The van der Waals surface area contributed by atoms with Crippen LogP contribution in [0.5, 0.6) is 0 Å². The summed E-state index contributed by atoms with van der Waals surface area (Å²) in [4.78, 5) is 9.26. The zero-order valence-electron chi connectivity index (χ0n) is 16.6. The van der Waals surface area contributed by atoms with Crippen molar-refractivity contribution in [2.45, 2.75) is 66.3 Å². The number of aromatic nitrogens is 1. The van der Waals surface area contributed by atoms with E-state index in [1.807, 2.05) is 25.3 Å². The normalized spacial score (nSPS) is 12.3. The molecule has 0 fully saturated rings. The maximum absolute atomic E-state index is 8.79. The smallest absolute Gasteiger partial charge is 0.0774 e. The van der Waals surface area contributed by atoms with Gasteiger partial charge in [-0.05, 0) is 45.2 Å². The van der Waals surface area contributed by atoms with Gasteiger partial charge in [-0.2, -0.15) is 5.26 Å². The summed E-state index contributed by atoms with van der Waals surface area (Å²) in [6, 6.07) is 4.18. The summed E-state index contributed by atoms with van der Waals surface area (Å²) in [5.41, 5.74) is 5.00. The molecule has 0 spiro atoms. The number of pyridine rings is 1. The fourth-order valence-corrected chi connectivity index (χ4v) is 2.53. The topological polar surface area (TPSA) is 72.9 Å². The summed E-state index contributed by atoms with van der Waals surface area (Å²) < 4.78 is 0. The molecular weight excluding hydrogens is 320 g/mol. The number of nitrogens with one attached hydrogen (secondary N) is 1. The van der Waals surface area contributed by atoms with Crippen molar-refractivity contribution >= 4 is 17.5 Å². The van der Waals surface area contributed by atoms with E-state index >= 15 is 0 Å². The summed E-state index contributed by atoms with van der Waals surface area (Å²) in [6.45, 7) is 10.4. The van der Waals surface area contributed by atoms with Gasteiger partial charge in [-0.3, -0.25) is 9.98 Å². The fraction of sp³-hybridized carbons (Fsp3) is 0.455. The van der Waals surface area contributed by atoms with Gasteiger partial charge >= 0.3 is 0 Å². The van der Waals surface area contributed by atoms with Gasteiger partial charge in [0.15, 0.2) is 0 Å². The van der Waals surface area contributed by atoms with Crippen molar-refractivity contribution in [3.8, 4) is 6.07 Å². The zero-order valence-corrected chi connectivity index (χ0v) is 16.6. The van der Waals surface area contributed by atoms with E-state index in [1.165, 1.54) is 0 Å². The maximum atomic E-state index is 8.79. The lowest BCUT2D eigenvalue weighted by Crippen LogP contribution is -2.05. The van der Waals surface area contributed by atoms with Crippen molar-refractivity contribution in [2.24, 2.45) is 4.99 Å². The Hall–Kier alpha value is -2.54. The van der Waals surface area contributed by atoms with Crippen LogP contribution in [0, 0.1) is 23.7 Å². The van der Waals surface area contributed by atoms with Gasteiger partial charge in [0.1, 0.15) is 0 Å². The van der Waals surface area contributed by atoms with Crippen LogP contribution in [0.3, 0.4) is 0 Å². The molecule has 1 N–H and O–H groups in total. The number of nitrogens with zero attached hydrogens (tertiary/aromatic N) is 3. The van der Waals surface area contributed by atoms with E-state index in [0.29, 0.717) is 5.71 Å². The van der Waals surface area contributed by atoms with E-state index in [-0.39, 0.29) is 12.5 Å². The second kappa shape index (κ2) is 11.1. The Morgan fingerprint density at radius 1 is 1.38 bits per heavy atom. The molecule has 26 heavy (non-hydrogen) atoms. The molecule has 0 bridgehead atoms. The van der Waals surface area contributed by atoms with Gasteiger partial charge in [0.25, 0.3) is 0 Å². The third-order valence-electron chi connectivity index (χ3n) is 4.13. The predicted octanol–water partition coefficient (Wildman–Crippen LogP) is 5.67. The summed E-state index contributed by atoms with van der Waals surface area (Å²) in [5, 5.41) is 16.8. The van der Waals surface area contributed by atoms with Crippen LogP contribution in [0.2, 0.25) is 0 Å². The molecule has 0 aromatic carbocycles. The van der Waals surface area contributed by atoms with Crippen LogP contribution in [0.4, 0.5) is 0 Å². The summed E-state index contributed by atoms with van der Waals surface area (Å²) in [6.07, 6.45) is 11.3. The summed E-state index contributed by atoms with van der Waals surface area (Å²) in [5.74, 6) is 0. The molecule has 4 heteroatoms. The Kier molecular flexibility index (Phi) is 9.22. The van der Waals surface area contributed by atoms with E-state index < -0.39 is 0 Å². The van der Waals surface area contributed by atoms with Gasteiger partial charge in [-0.25, -0.2) is 0 Å². The number of rotatable bonds is 9. The lowest BCUT2D eigenvalue weighted by Gasteiger charge is -2.10. The van der Waals surface area contributed by atoms with Crippen molar-refractivity contribution in [1.29, 1.82) is 10.7 Å². The number of allylic oxidation sites excluding steroid dienone is 3. The standard InChI is InChI=1S/C22H30N4/c1-6-8-9-10-18(7-2)25-14-19(16(3)4)22-13-17(5)20(15-26-22)21(24)11-12-23/h9-10,13-15,18,24H,6-8,11H2,1-5H3/b10-9-,24-21?,25-14?. The summed E-state index contributed by atoms with van der Waals surface area (Å²) in [7, 11) is 0. The van der Waals surface area contributed by atoms with Crippen LogP contribution in [-0.4, -0.2) is 23.0 Å². The van der Waals surface area contributed by atoms with Crippen LogP contribution < -0.4 is 0 Å². The predicted molar refractivity (Wildman–Crippen MR) is 111 cm³/mol. The van der Waals surface area contributed by atoms with Gasteiger partial charge in [0, 0.05) is 23.5 Å². The molecule has 1 aromatic rings. The third-order valence-corrected chi connectivity index (χ3v) is 4.13. The third kappa shape index (κ3) is 6.40. The molecule has 1 heterocycles. The average molecular weight is 351 g/mol. The van der Waals surface area contributed by atoms with Crippen LogP contribution in [0.1, 0.15) is 70.2 Å². The highest BCUT2D eigenvalue weighted by Crippen LogP contribution is 2.19. The maximum Gasteiger partial charge on any atom is 0.0774 e. The second-order valence-electron chi connectivity index (χ2n) is 6.58. The molecule has 138 valence electrons. The molecular formula is C22H30N4. The van der Waals surface area contributed by atoms with Gasteiger partial charge in [0.2, 0.25) is 0 Å². The quantitative estimate of drug-likeness (QED) is 0.460. The van der Waals surface area contributed by atoms with E-state index in [2.05, 4.69) is 44.8 Å². The van der Waals surface area contributed by atoms with E-state index in [0.717, 1.165) is 47.2 Å². The molecule has 0 aliphatic rings. The van der Waals surface area contributed by atoms with Crippen molar-refractivity contribution in [3.05, 3.63) is 46.8 Å². The first kappa shape index (κ1) is 21.5. The molecule has 0 saturated heterocycles. The fourth-order valence-electron chi connectivity index (χ4n) is 2.53. The van der Waals surface area contributed by atoms with Gasteiger partial charge in [-0.15, -0.1) is 0 Å². The largest absolute Gasteiger partial charge is 0.304 e. The molecule has 0 aliphatic heterocycles. The molecule has 0 saturated carbocycles. The molecule has 0 amide bonds. The minimum atomic E-state index is 0.0983. The van der Waals surface area contributed by atoms with Crippen molar-refractivity contribution < 1.29 is 0 Å². The van der Waals surface area contributed by atoms with Crippen LogP contribution >= 0.6 is 0 Å². The Bertz CT molecular complexity index is 744. The molecule has 1 aromatic heterocycles.